The molecule has 1 aliphatic carbocycles. The van der Waals surface area contributed by atoms with Crippen LogP contribution in [0.4, 0.5) is 0 Å². The molecule has 1 aromatic heterocycles. The van der Waals surface area contributed by atoms with E-state index in [1.165, 1.54) is 25.7 Å². The number of aryl methyl sites for hydroxylation is 2. The molecule has 0 N–H and O–H groups in total. The summed E-state index contributed by atoms with van der Waals surface area (Å²) in [6.45, 7) is 2.03. The van der Waals surface area contributed by atoms with Crippen molar-refractivity contribution in [2.75, 3.05) is 0 Å². The van der Waals surface area contributed by atoms with Crippen LogP contribution in [0.2, 0.25) is 5.02 Å². The van der Waals surface area contributed by atoms with Crippen LogP contribution in [0.1, 0.15) is 50.4 Å². The molecule has 4 heteroatoms. The minimum atomic E-state index is 0.300. The van der Waals surface area contributed by atoms with Crippen molar-refractivity contribution in [3.05, 3.63) is 16.4 Å². The first-order chi connectivity index (χ1) is 8.61. The van der Waals surface area contributed by atoms with Crippen LogP contribution in [0.5, 0.6) is 0 Å². The van der Waals surface area contributed by atoms with Crippen molar-refractivity contribution in [3.8, 4) is 0 Å². The molecule has 0 spiro atoms. The van der Waals surface area contributed by atoms with Crippen molar-refractivity contribution < 1.29 is 4.79 Å². The summed E-state index contributed by atoms with van der Waals surface area (Å²) in [6.07, 6.45) is 6.94. The largest absolute Gasteiger partial charge is 0.299 e. The predicted octanol–water partition coefficient (Wildman–Crippen LogP) is 3.33. The van der Waals surface area contributed by atoms with Gasteiger partial charge in [0.15, 0.2) is 0 Å². The third kappa shape index (κ3) is 2.94. The Balaban J connectivity index is 1.99. The van der Waals surface area contributed by atoms with Crippen LogP contribution in [-0.4, -0.2) is 15.6 Å². The molecule has 0 radical (unpaired) electrons. The molecule has 0 aromatic carbocycles. The fourth-order valence-corrected chi connectivity index (χ4v) is 3.17. The second-order valence-electron chi connectivity index (χ2n) is 5.25. The number of aromatic nitrogens is 2. The molecule has 1 fully saturated rings. The van der Waals surface area contributed by atoms with Crippen LogP contribution in [0.15, 0.2) is 0 Å². The van der Waals surface area contributed by atoms with E-state index in [9.17, 15) is 4.79 Å². The van der Waals surface area contributed by atoms with E-state index in [4.69, 9.17) is 11.6 Å². The zero-order valence-corrected chi connectivity index (χ0v) is 12.0. The Hall–Kier alpha value is -0.830. The van der Waals surface area contributed by atoms with Crippen molar-refractivity contribution in [3.63, 3.8) is 0 Å². The Morgan fingerprint density at radius 2 is 2.11 bits per heavy atom. The first kappa shape index (κ1) is 13.6. The molecule has 1 heterocycles. The quantitative estimate of drug-likeness (QED) is 0.821. The molecule has 1 saturated carbocycles. The van der Waals surface area contributed by atoms with Crippen LogP contribution < -0.4 is 0 Å². The Morgan fingerprint density at radius 3 is 2.67 bits per heavy atom. The molecule has 100 valence electrons. The van der Waals surface area contributed by atoms with E-state index in [2.05, 4.69) is 5.10 Å². The van der Waals surface area contributed by atoms with Gasteiger partial charge in [0.2, 0.25) is 0 Å². The maximum absolute atomic E-state index is 12.1. The summed E-state index contributed by atoms with van der Waals surface area (Å²) >= 11 is 6.25. The highest BCUT2D eigenvalue weighted by atomic mass is 35.5. The van der Waals surface area contributed by atoms with Gasteiger partial charge in [0, 0.05) is 19.9 Å². The van der Waals surface area contributed by atoms with E-state index in [1.54, 1.807) is 4.68 Å². The van der Waals surface area contributed by atoms with Gasteiger partial charge in [-0.3, -0.25) is 9.48 Å². The van der Waals surface area contributed by atoms with E-state index in [0.29, 0.717) is 29.6 Å². The third-order valence-corrected chi connectivity index (χ3v) is 4.29. The lowest BCUT2D eigenvalue weighted by molar-refractivity contribution is -0.119. The van der Waals surface area contributed by atoms with Crippen molar-refractivity contribution >= 4 is 17.4 Å². The van der Waals surface area contributed by atoms with Crippen molar-refractivity contribution in [1.82, 2.24) is 9.78 Å². The fourth-order valence-electron chi connectivity index (χ4n) is 2.81. The molecule has 18 heavy (non-hydrogen) atoms. The summed E-state index contributed by atoms with van der Waals surface area (Å²) in [5.41, 5.74) is 1.76. The van der Waals surface area contributed by atoms with Crippen LogP contribution in [0.25, 0.3) is 0 Å². The van der Waals surface area contributed by atoms with Crippen LogP contribution in [0, 0.1) is 5.92 Å². The smallest absolute Gasteiger partial charge is 0.139 e. The summed E-state index contributed by atoms with van der Waals surface area (Å²) in [5, 5.41) is 5.03. The lowest BCUT2D eigenvalue weighted by Gasteiger charge is -2.08. The second-order valence-corrected chi connectivity index (χ2v) is 5.63. The average molecular weight is 269 g/mol. The van der Waals surface area contributed by atoms with Gasteiger partial charge < -0.3 is 0 Å². The van der Waals surface area contributed by atoms with Crippen LogP contribution >= 0.6 is 11.6 Å². The van der Waals surface area contributed by atoms with Crippen molar-refractivity contribution in [2.45, 2.75) is 51.9 Å². The molecule has 0 saturated heterocycles. The Morgan fingerprint density at radius 1 is 1.44 bits per heavy atom. The predicted molar refractivity (Wildman–Crippen MR) is 72.9 cm³/mol. The van der Waals surface area contributed by atoms with E-state index in [-0.39, 0.29) is 0 Å². The number of ketones is 1. The summed E-state index contributed by atoms with van der Waals surface area (Å²) in [7, 11) is 1.86. The van der Waals surface area contributed by atoms with Gasteiger partial charge in [0.05, 0.1) is 16.4 Å². The van der Waals surface area contributed by atoms with Gasteiger partial charge in [0.1, 0.15) is 5.78 Å². The first-order valence-corrected chi connectivity index (χ1v) is 7.21. The van der Waals surface area contributed by atoms with E-state index in [1.807, 2.05) is 14.0 Å². The number of Topliss-reactive ketones (excluding diaryl/α,β-unsaturated/α-hetero) is 1. The van der Waals surface area contributed by atoms with E-state index >= 15 is 0 Å². The lowest BCUT2D eigenvalue weighted by atomic mass is 9.99. The highest BCUT2D eigenvalue weighted by molar-refractivity contribution is 6.32. The molecule has 0 atom stereocenters. The maximum Gasteiger partial charge on any atom is 0.139 e. The van der Waals surface area contributed by atoms with E-state index in [0.717, 1.165) is 17.8 Å². The zero-order chi connectivity index (χ0) is 13.1. The summed E-state index contributed by atoms with van der Waals surface area (Å²) in [6, 6.07) is 0. The molecule has 0 bridgehead atoms. The van der Waals surface area contributed by atoms with E-state index < -0.39 is 0 Å². The number of halogens is 1. The van der Waals surface area contributed by atoms with Gasteiger partial charge in [-0.2, -0.15) is 5.10 Å². The molecule has 0 unspecified atom stereocenters. The standard InChI is InChI=1S/C14H21ClN2O/c1-3-12-14(15)13(17(2)16-12)9-11(18)8-10-6-4-5-7-10/h10H,3-9H2,1-2H3. The number of hydrogen-bond donors (Lipinski definition) is 0. The minimum Gasteiger partial charge on any atom is -0.299 e. The Bertz CT molecular complexity index is 433. The molecule has 1 aliphatic rings. The lowest BCUT2D eigenvalue weighted by Crippen LogP contribution is -2.11. The topological polar surface area (TPSA) is 34.9 Å². The van der Waals surface area contributed by atoms with Gasteiger partial charge in [-0.1, -0.05) is 44.2 Å². The summed E-state index contributed by atoms with van der Waals surface area (Å²) in [5.74, 6) is 0.907. The number of hydrogen-bond acceptors (Lipinski definition) is 2. The molecule has 0 amide bonds. The minimum absolute atomic E-state index is 0.300. The van der Waals surface area contributed by atoms with Crippen molar-refractivity contribution in [2.24, 2.45) is 13.0 Å². The van der Waals surface area contributed by atoms with Gasteiger partial charge in [-0.15, -0.1) is 0 Å². The average Bonchev–Trinajstić information content (AvgIpc) is 2.92. The monoisotopic (exact) mass is 268 g/mol. The highest BCUT2D eigenvalue weighted by Crippen LogP contribution is 2.29. The van der Waals surface area contributed by atoms with Crippen LogP contribution in [0.3, 0.4) is 0 Å². The molecular formula is C14H21ClN2O. The first-order valence-electron chi connectivity index (χ1n) is 6.83. The molecule has 0 aliphatic heterocycles. The zero-order valence-electron chi connectivity index (χ0n) is 11.2. The molecule has 2 rings (SSSR count). The van der Waals surface area contributed by atoms with Gasteiger partial charge in [0.25, 0.3) is 0 Å². The third-order valence-electron chi connectivity index (χ3n) is 3.86. The molecule has 1 aromatic rings. The summed E-state index contributed by atoms with van der Waals surface area (Å²) in [4.78, 5) is 12.1. The van der Waals surface area contributed by atoms with Crippen LogP contribution in [-0.2, 0) is 24.7 Å². The molecule has 3 nitrogen and oxygen atoms in total. The number of carbonyl (C=O) groups excluding carboxylic acids is 1. The summed E-state index contributed by atoms with van der Waals surface area (Å²) < 4.78 is 1.76. The Labute approximate surface area is 114 Å². The normalized spacial score (nSPS) is 16.4. The maximum atomic E-state index is 12.1. The SMILES string of the molecule is CCc1nn(C)c(CC(=O)CC2CCCC2)c1Cl. The number of carbonyl (C=O) groups is 1. The van der Waals surface area contributed by atoms with Gasteiger partial charge >= 0.3 is 0 Å². The van der Waals surface area contributed by atoms with Gasteiger partial charge in [-0.25, -0.2) is 0 Å². The highest BCUT2D eigenvalue weighted by Gasteiger charge is 2.21. The number of nitrogens with zero attached hydrogens (tertiary/aromatic N) is 2. The molecular weight excluding hydrogens is 248 g/mol. The Kier molecular flexibility index (Phi) is 4.44. The van der Waals surface area contributed by atoms with Gasteiger partial charge in [-0.05, 0) is 12.3 Å². The number of rotatable bonds is 5. The second kappa shape index (κ2) is 5.87. The van der Waals surface area contributed by atoms with Crippen molar-refractivity contribution in [1.29, 1.82) is 0 Å². The fraction of sp³-hybridized carbons (Fsp3) is 0.714.